The first-order valence-corrected chi connectivity index (χ1v) is 10.8. The van der Waals surface area contributed by atoms with Gasteiger partial charge in [0.25, 0.3) is 5.91 Å². The molecule has 0 spiro atoms. The number of aromatic nitrogens is 2. The van der Waals surface area contributed by atoms with E-state index in [9.17, 15) is 22.4 Å². The van der Waals surface area contributed by atoms with Gasteiger partial charge in [0.05, 0.1) is 11.8 Å². The highest BCUT2D eigenvalue weighted by molar-refractivity contribution is 5.95. The van der Waals surface area contributed by atoms with Gasteiger partial charge in [0.2, 0.25) is 0 Å². The van der Waals surface area contributed by atoms with E-state index in [2.05, 4.69) is 27.4 Å². The Morgan fingerprint density at radius 3 is 2.36 bits per heavy atom. The molecule has 2 aromatic carbocycles. The smallest absolute Gasteiger partial charge is 0.349 e. The van der Waals surface area contributed by atoms with E-state index in [4.69, 9.17) is 0 Å². The molecule has 0 bridgehead atoms. The van der Waals surface area contributed by atoms with E-state index in [1.54, 1.807) is 0 Å². The zero-order valence-electron chi connectivity index (χ0n) is 17.9. The van der Waals surface area contributed by atoms with Crippen LogP contribution in [0.25, 0.3) is 5.69 Å². The van der Waals surface area contributed by atoms with Crippen LogP contribution < -0.4 is 5.32 Å². The first-order chi connectivity index (χ1) is 15.8. The van der Waals surface area contributed by atoms with Crippen LogP contribution in [0.5, 0.6) is 0 Å². The van der Waals surface area contributed by atoms with E-state index in [1.165, 1.54) is 23.8 Å². The van der Waals surface area contributed by atoms with Gasteiger partial charge < -0.3 is 10.2 Å². The lowest BCUT2D eigenvalue weighted by Crippen LogP contribution is -2.45. The van der Waals surface area contributed by atoms with E-state index in [0.717, 1.165) is 38.3 Å². The first-order valence-electron chi connectivity index (χ1n) is 10.8. The van der Waals surface area contributed by atoms with Gasteiger partial charge in [-0.15, -0.1) is 0 Å². The van der Waals surface area contributed by atoms with Crippen molar-refractivity contribution in [3.8, 4) is 5.69 Å². The predicted molar refractivity (Wildman–Crippen MR) is 116 cm³/mol. The summed E-state index contributed by atoms with van der Waals surface area (Å²) in [7, 11) is 0. The fraction of sp³-hybridized carbons (Fsp3) is 0.333. The maximum Gasteiger partial charge on any atom is 0.434 e. The molecule has 174 valence electrons. The number of alkyl halides is 3. The minimum absolute atomic E-state index is 0.233. The van der Waals surface area contributed by atoms with Crippen molar-refractivity contribution in [1.82, 2.24) is 20.0 Å². The Morgan fingerprint density at radius 2 is 1.70 bits per heavy atom. The van der Waals surface area contributed by atoms with E-state index in [1.807, 2.05) is 18.2 Å². The molecule has 2 heterocycles. The SMILES string of the molecule is O=C(NC1CCN(CCc2ccccc2)CC1)c1cnn(-c2ccccc2F)c1C(F)(F)F. The Balaban J connectivity index is 1.40. The topological polar surface area (TPSA) is 50.2 Å². The monoisotopic (exact) mass is 460 g/mol. The van der Waals surface area contributed by atoms with Crippen LogP contribution in [-0.4, -0.2) is 46.3 Å². The van der Waals surface area contributed by atoms with Gasteiger partial charge in [0.15, 0.2) is 5.69 Å². The van der Waals surface area contributed by atoms with Crippen molar-refractivity contribution in [3.63, 3.8) is 0 Å². The summed E-state index contributed by atoms with van der Waals surface area (Å²) < 4.78 is 56.0. The Morgan fingerprint density at radius 1 is 1.03 bits per heavy atom. The number of rotatable bonds is 6. The number of amides is 1. The average molecular weight is 460 g/mol. The third-order valence-corrected chi connectivity index (χ3v) is 5.85. The second-order valence-corrected chi connectivity index (χ2v) is 8.09. The zero-order valence-corrected chi connectivity index (χ0v) is 17.9. The van der Waals surface area contributed by atoms with Gasteiger partial charge in [-0.3, -0.25) is 4.79 Å². The third-order valence-electron chi connectivity index (χ3n) is 5.85. The van der Waals surface area contributed by atoms with Crippen molar-refractivity contribution in [2.75, 3.05) is 19.6 Å². The van der Waals surface area contributed by atoms with E-state index < -0.39 is 29.2 Å². The summed E-state index contributed by atoms with van der Waals surface area (Å²) >= 11 is 0. The van der Waals surface area contributed by atoms with Gasteiger partial charge in [0.1, 0.15) is 11.5 Å². The highest BCUT2D eigenvalue weighted by Gasteiger charge is 2.41. The van der Waals surface area contributed by atoms with Crippen molar-refractivity contribution >= 4 is 5.91 Å². The molecule has 0 radical (unpaired) electrons. The fourth-order valence-corrected chi connectivity index (χ4v) is 4.09. The molecule has 1 N–H and O–H groups in total. The average Bonchev–Trinajstić information content (AvgIpc) is 3.25. The van der Waals surface area contributed by atoms with Gasteiger partial charge in [-0.25, -0.2) is 9.07 Å². The summed E-state index contributed by atoms with van der Waals surface area (Å²) in [6.07, 6.45) is -1.83. The lowest BCUT2D eigenvalue weighted by atomic mass is 10.0. The number of hydrogen-bond donors (Lipinski definition) is 1. The lowest BCUT2D eigenvalue weighted by Gasteiger charge is -2.32. The number of benzene rings is 2. The molecule has 0 unspecified atom stereocenters. The van der Waals surface area contributed by atoms with E-state index >= 15 is 0 Å². The number of carbonyl (C=O) groups excluding carboxylic acids is 1. The van der Waals surface area contributed by atoms with Gasteiger partial charge in [-0.2, -0.15) is 18.3 Å². The molecule has 0 saturated carbocycles. The number of nitrogens with one attached hydrogen (secondary N) is 1. The van der Waals surface area contributed by atoms with Gasteiger partial charge in [-0.05, 0) is 37.0 Å². The van der Waals surface area contributed by atoms with Crippen LogP contribution in [0.1, 0.15) is 34.5 Å². The number of carbonyl (C=O) groups is 1. The van der Waals surface area contributed by atoms with Gasteiger partial charge in [0, 0.05) is 25.7 Å². The van der Waals surface area contributed by atoms with Crippen molar-refractivity contribution in [2.45, 2.75) is 31.5 Å². The molecule has 1 saturated heterocycles. The van der Waals surface area contributed by atoms with Crippen LogP contribution in [-0.2, 0) is 12.6 Å². The summed E-state index contributed by atoms with van der Waals surface area (Å²) in [5, 5.41) is 6.39. The number of piperidine rings is 1. The molecule has 1 amide bonds. The molecule has 1 fully saturated rings. The molecule has 1 aliphatic rings. The van der Waals surface area contributed by atoms with E-state index in [-0.39, 0.29) is 11.7 Å². The molecular formula is C24H24F4N4O. The number of halogens is 4. The molecule has 4 rings (SSSR count). The van der Waals surface area contributed by atoms with Crippen molar-refractivity contribution in [2.24, 2.45) is 0 Å². The molecule has 0 aliphatic carbocycles. The van der Waals surface area contributed by atoms with Gasteiger partial charge >= 0.3 is 6.18 Å². The lowest BCUT2D eigenvalue weighted by molar-refractivity contribution is -0.143. The largest absolute Gasteiger partial charge is 0.434 e. The number of likely N-dealkylation sites (tertiary alicyclic amines) is 1. The third kappa shape index (κ3) is 5.42. The minimum Gasteiger partial charge on any atom is -0.349 e. The predicted octanol–water partition coefficient (Wildman–Crippen LogP) is 4.47. The summed E-state index contributed by atoms with van der Waals surface area (Å²) in [5.74, 6) is -1.71. The van der Waals surface area contributed by atoms with Crippen LogP contribution >= 0.6 is 0 Å². The maximum absolute atomic E-state index is 14.1. The van der Waals surface area contributed by atoms with Crippen molar-refractivity contribution < 1.29 is 22.4 Å². The highest BCUT2D eigenvalue weighted by atomic mass is 19.4. The van der Waals surface area contributed by atoms with Crippen LogP contribution in [0.2, 0.25) is 0 Å². The quantitative estimate of drug-likeness (QED) is 0.553. The van der Waals surface area contributed by atoms with Gasteiger partial charge in [-0.1, -0.05) is 42.5 Å². The zero-order chi connectivity index (χ0) is 23.4. The molecule has 1 aliphatic heterocycles. The fourth-order valence-electron chi connectivity index (χ4n) is 4.09. The molecular weight excluding hydrogens is 436 g/mol. The summed E-state index contributed by atoms with van der Waals surface area (Å²) in [6.45, 7) is 2.38. The molecule has 33 heavy (non-hydrogen) atoms. The van der Waals surface area contributed by atoms with Crippen molar-refractivity contribution in [3.05, 3.63) is 83.4 Å². The summed E-state index contributed by atoms with van der Waals surface area (Å²) in [5.41, 5.74) is -1.02. The number of nitrogens with zero attached hydrogens (tertiary/aromatic N) is 3. The highest BCUT2D eigenvalue weighted by Crippen LogP contribution is 2.34. The molecule has 3 aromatic rings. The Labute approximate surface area is 189 Å². The molecule has 1 aromatic heterocycles. The summed E-state index contributed by atoms with van der Waals surface area (Å²) in [4.78, 5) is 15.0. The minimum atomic E-state index is -4.88. The standard InChI is InChI=1S/C24H24F4N4O/c25-20-8-4-5-9-21(20)32-22(24(26,27)28)19(16-29-32)23(33)30-18-11-14-31(15-12-18)13-10-17-6-2-1-3-7-17/h1-9,16,18H,10-15H2,(H,30,33). The number of hydrogen-bond acceptors (Lipinski definition) is 3. The van der Waals surface area contributed by atoms with Crippen molar-refractivity contribution in [1.29, 1.82) is 0 Å². The molecule has 9 heteroatoms. The first kappa shape index (κ1) is 23.0. The normalized spacial score (nSPS) is 15.5. The second-order valence-electron chi connectivity index (χ2n) is 8.09. The van der Waals surface area contributed by atoms with Crippen LogP contribution in [0, 0.1) is 5.82 Å². The van der Waals surface area contributed by atoms with Crippen LogP contribution in [0.15, 0.2) is 60.8 Å². The maximum atomic E-state index is 14.1. The van der Waals surface area contributed by atoms with Crippen LogP contribution in [0.4, 0.5) is 17.6 Å². The Hall–Kier alpha value is -3.20. The molecule has 5 nitrogen and oxygen atoms in total. The van der Waals surface area contributed by atoms with Crippen LogP contribution in [0.3, 0.4) is 0 Å². The second kappa shape index (κ2) is 9.74. The summed E-state index contributed by atoms with van der Waals surface area (Å²) in [6, 6.07) is 14.9. The number of para-hydroxylation sites is 1. The Bertz CT molecular complexity index is 1090. The Kier molecular flexibility index (Phi) is 6.78. The molecule has 0 atom stereocenters. The van der Waals surface area contributed by atoms with E-state index in [0.29, 0.717) is 17.5 Å².